The van der Waals surface area contributed by atoms with Crippen molar-refractivity contribution in [2.24, 2.45) is 0 Å². The van der Waals surface area contributed by atoms with Gasteiger partial charge in [-0.25, -0.2) is 9.07 Å². The van der Waals surface area contributed by atoms with Crippen LogP contribution < -0.4 is 5.32 Å². The van der Waals surface area contributed by atoms with Gasteiger partial charge in [-0.1, -0.05) is 13.0 Å². The number of halogens is 4. The lowest BCUT2D eigenvalue weighted by molar-refractivity contribution is -0.257. The molecular weight excluding hydrogens is 508 g/mol. The number of benzene rings is 2. The Balaban J connectivity index is 1.63. The Morgan fingerprint density at radius 1 is 1.19 bits per heavy atom. The number of carbonyl (C=O) groups is 1. The van der Waals surface area contributed by atoms with E-state index in [9.17, 15) is 27.5 Å². The third-order valence-corrected chi connectivity index (χ3v) is 6.83. The summed E-state index contributed by atoms with van der Waals surface area (Å²) in [6.45, 7) is 1.80. The summed E-state index contributed by atoms with van der Waals surface area (Å²) >= 11 is 1.13. The number of hydrogen-bond donors (Lipinski definition) is 2. The van der Waals surface area contributed by atoms with Crippen molar-refractivity contribution < 1.29 is 27.5 Å². The topological polar surface area (TPSA) is 70.4 Å². The standard InChI is InChI=1S/C26H26F4N4O2S/c1-3-10-33(24(35)23-5-4-11-37-23)16-25(36,26(28,29)30)15-31-21-12-17(2)13-22-20(21)14-32-34(22)19-8-6-18(27)7-9-19/h4-9,11-14,31,36H,3,10,15-16H2,1-2H3. The van der Waals surface area contributed by atoms with Gasteiger partial charge in [-0.15, -0.1) is 11.3 Å². The van der Waals surface area contributed by atoms with Crippen molar-refractivity contribution in [3.8, 4) is 5.69 Å². The molecule has 2 aromatic carbocycles. The second-order valence-corrected chi connectivity index (χ2v) is 9.81. The Kier molecular flexibility index (Phi) is 7.56. The molecular formula is C26H26F4N4O2S. The number of thiophene rings is 1. The number of aryl methyl sites for hydroxylation is 1. The molecule has 0 radical (unpaired) electrons. The lowest BCUT2D eigenvalue weighted by Gasteiger charge is -2.36. The minimum absolute atomic E-state index is 0.0637. The Labute approximate surface area is 215 Å². The molecule has 1 amide bonds. The fourth-order valence-corrected chi connectivity index (χ4v) is 4.77. The average Bonchev–Trinajstić information content (AvgIpc) is 3.52. The van der Waals surface area contributed by atoms with Crippen LogP contribution in [-0.4, -0.2) is 57.1 Å². The summed E-state index contributed by atoms with van der Waals surface area (Å²) in [5, 5.41) is 20.2. The Morgan fingerprint density at radius 3 is 2.54 bits per heavy atom. The third-order valence-electron chi connectivity index (χ3n) is 5.97. The molecule has 0 spiro atoms. The summed E-state index contributed by atoms with van der Waals surface area (Å²) in [7, 11) is 0. The molecule has 11 heteroatoms. The van der Waals surface area contributed by atoms with Crippen LogP contribution in [-0.2, 0) is 0 Å². The molecule has 0 aliphatic heterocycles. The summed E-state index contributed by atoms with van der Waals surface area (Å²) in [4.78, 5) is 14.2. The van der Waals surface area contributed by atoms with E-state index < -0.39 is 36.6 Å². The minimum atomic E-state index is -5.01. The molecule has 37 heavy (non-hydrogen) atoms. The van der Waals surface area contributed by atoms with Crippen LogP contribution in [0.5, 0.6) is 0 Å². The second-order valence-electron chi connectivity index (χ2n) is 8.86. The number of aliphatic hydroxyl groups is 1. The highest BCUT2D eigenvalue weighted by Crippen LogP contribution is 2.34. The SMILES string of the molecule is CCCN(CC(O)(CNc1cc(C)cc2c1cnn2-c1ccc(F)cc1)C(F)(F)F)C(=O)c1cccs1. The zero-order valence-electron chi connectivity index (χ0n) is 20.2. The predicted octanol–water partition coefficient (Wildman–Crippen LogP) is 5.79. The monoisotopic (exact) mass is 534 g/mol. The third kappa shape index (κ3) is 5.62. The van der Waals surface area contributed by atoms with Gasteiger partial charge >= 0.3 is 6.18 Å². The van der Waals surface area contributed by atoms with Gasteiger partial charge in [0.2, 0.25) is 0 Å². The van der Waals surface area contributed by atoms with Crippen molar-refractivity contribution in [3.63, 3.8) is 0 Å². The molecule has 4 aromatic rings. The van der Waals surface area contributed by atoms with Crippen molar-refractivity contribution in [2.75, 3.05) is 25.0 Å². The maximum absolute atomic E-state index is 14.2. The van der Waals surface area contributed by atoms with Crippen LogP contribution in [0.15, 0.2) is 60.1 Å². The smallest absolute Gasteiger partial charge is 0.381 e. The molecule has 0 fully saturated rings. The number of rotatable bonds is 9. The second kappa shape index (κ2) is 10.5. The number of alkyl halides is 3. The zero-order valence-corrected chi connectivity index (χ0v) is 21.0. The van der Waals surface area contributed by atoms with E-state index in [4.69, 9.17) is 0 Å². The van der Waals surface area contributed by atoms with Crippen LogP contribution in [0.4, 0.5) is 23.2 Å². The molecule has 0 saturated carbocycles. The molecule has 196 valence electrons. The van der Waals surface area contributed by atoms with Gasteiger partial charge in [0.05, 0.1) is 35.4 Å². The molecule has 2 N–H and O–H groups in total. The normalized spacial score (nSPS) is 13.5. The Bertz CT molecular complexity index is 1370. The van der Waals surface area contributed by atoms with E-state index in [2.05, 4.69) is 10.4 Å². The maximum atomic E-state index is 14.2. The first-order valence-corrected chi connectivity index (χ1v) is 12.5. The van der Waals surface area contributed by atoms with Gasteiger partial charge in [-0.2, -0.15) is 18.3 Å². The van der Waals surface area contributed by atoms with E-state index in [1.807, 2.05) is 6.07 Å². The van der Waals surface area contributed by atoms with Crippen LogP contribution in [0.1, 0.15) is 28.6 Å². The number of anilines is 1. The highest BCUT2D eigenvalue weighted by molar-refractivity contribution is 7.12. The molecule has 2 aromatic heterocycles. The van der Waals surface area contributed by atoms with Gasteiger partial charge < -0.3 is 15.3 Å². The summed E-state index contributed by atoms with van der Waals surface area (Å²) in [5.74, 6) is -0.960. The fourth-order valence-electron chi connectivity index (χ4n) is 4.08. The molecule has 0 bridgehead atoms. The van der Waals surface area contributed by atoms with Crippen molar-refractivity contribution in [1.82, 2.24) is 14.7 Å². The van der Waals surface area contributed by atoms with Crippen LogP contribution in [0.25, 0.3) is 16.6 Å². The number of aromatic nitrogens is 2. The summed E-state index contributed by atoms with van der Waals surface area (Å²) in [5.41, 5.74) is -0.933. The highest BCUT2D eigenvalue weighted by Gasteiger charge is 2.55. The van der Waals surface area contributed by atoms with Crippen molar-refractivity contribution in [1.29, 1.82) is 0 Å². The number of carbonyl (C=O) groups excluding carboxylic acids is 1. The van der Waals surface area contributed by atoms with Gasteiger partial charge in [-0.3, -0.25) is 4.79 Å². The summed E-state index contributed by atoms with van der Waals surface area (Å²) < 4.78 is 57.5. The number of nitrogens with one attached hydrogen (secondary N) is 1. The van der Waals surface area contributed by atoms with E-state index in [1.165, 1.54) is 18.3 Å². The number of nitrogens with zero attached hydrogens (tertiary/aromatic N) is 3. The summed E-state index contributed by atoms with van der Waals surface area (Å²) in [6.07, 6.45) is -3.08. The van der Waals surface area contributed by atoms with Gasteiger partial charge in [-0.05, 0) is 66.8 Å². The van der Waals surface area contributed by atoms with E-state index in [0.717, 1.165) is 21.8 Å². The first-order chi connectivity index (χ1) is 17.5. The molecule has 0 aliphatic carbocycles. The van der Waals surface area contributed by atoms with Gasteiger partial charge in [0.1, 0.15) is 5.82 Å². The van der Waals surface area contributed by atoms with E-state index in [0.29, 0.717) is 33.6 Å². The average molecular weight is 535 g/mol. The largest absolute Gasteiger partial charge is 0.420 e. The number of amides is 1. The first kappa shape index (κ1) is 26.6. The van der Waals surface area contributed by atoms with Crippen molar-refractivity contribution in [2.45, 2.75) is 32.0 Å². The maximum Gasteiger partial charge on any atom is 0.420 e. The number of fused-ring (bicyclic) bond motifs is 1. The highest BCUT2D eigenvalue weighted by atomic mass is 32.1. The lowest BCUT2D eigenvalue weighted by Crippen LogP contribution is -2.58. The van der Waals surface area contributed by atoms with E-state index in [-0.39, 0.29) is 6.54 Å². The zero-order chi connectivity index (χ0) is 26.8. The molecule has 1 atom stereocenters. The minimum Gasteiger partial charge on any atom is -0.381 e. The van der Waals surface area contributed by atoms with Crippen molar-refractivity contribution in [3.05, 3.63) is 76.4 Å². The molecule has 4 rings (SSSR count). The Morgan fingerprint density at radius 2 is 1.92 bits per heavy atom. The van der Waals surface area contributed by atoms with Gasteiger partial charge in [0, 0.05) is 17.6 Å². The van der Waals surface area contributed by atoms with Gasteiger partial charge in [0.15, 0.2) is 5.60 Å². The van der Waals surface area contributed by atoms with Crippen molar-refractivity contribution >= 4 is 33.8 Å². The van der Waals surface area contributed by atoms with Gasteiger partial charge in [0.25, 0.3) is 5.91 Å². The molecule has 0 saturated heterocycles. The Hall–Kier alpha value is -3.44. The molecule has 0 aliphatic rings. The fraction of sp³-hybridized carbons (Fsp3) is 0.308. The quantitative estimate of drug-likeness (QED) is 0.267. The number of hydrogen-bond acceptors (Lipinski definition) is 5. The first-order valence-electron chi connectivity index (χ1n) is 11.6. The van der Waals surface area contributed by atoms with Crippen LogP contribution >= 0.6 is 11.3 Å². The molecule has 6 nitrogen and oxygen atoms in total. The molecule has 2 heterocycles. The molecule has 1 unspecified atom stereocenters. The van der Waals surface area contributed by atoms with Crippen LogP contribution in [0.2, 0.25) is 0 Å². The van der Waals surface area contributed by atoms with E-state index >= 15 is 0 Å². The predicted molar refractivity (Wildman–Crippen MR) is 136 cm³/mol. The summed E-state index contributed by atoms with van der Waals surface area (Å²) in [6, 6.07) is 12.4. The van der Waals surface area contributed by atoms with Crippen LogP contribution in [0, 0.1) is 12.7 Å². The van der Waals surface area contributed by atoms with Crippen LogP contribution in [0.3, 0.4) is 0 Å². The lowest BCUT2D eigenvalue weighted by atomic mass is 10.0. The van der Waals surface area contributed by atoms with E-state index in [1.54, 1.807) is 54.2 Å².